The van der Waals surface area contributed by atoms with Gasteiger partial charge in [0.1, 0.15) is 5.69 Å². The van der Waals surface area contributed by atoms with Crippen molar-refractivity contribution in [3.63, 3.8) is 0 Å². The van der Waals surface area contributed by atoms with Gasteiger partial charge in [-0.15, -0.1) is 0 Å². The molecular formula is C13H21N3O4. The highest BCUT2D eigenvalue weighted by Gasteiger charge is 2.17. The summed E-state index contributed by atoms with van der Waals surface area (Å²) in [4.78, 5) is 22.5. The molecular weight excluding hydrogens is 262 g/mol. The first-order valence-corrected chi connectivity index (χ1v) is 6.63. The number of carboxylic acids is 1. The maximum atomic E-state index is 12.0. The first-order chi connectivity index (χ1) is 9.36. The number of carboxylic acid groups (broad SMARTS) is 1. The van der Waals surface area contributed by atoms with E-state index in [0.29, 0.717) is 12.2 Å². The molecule has 1 heterocycles. The number of rotatable bonds is 7. The van der Waals surface area contributed by atoms with Gasteiger partial charge in [0.05, 0.1) is 5.69 Å². The van der Waals surface area contributed by atoms with Gasteiger partial charge in [-0.3, -0.25) is 9.48 Å². The largest absolute Gasteiger partial charge is 0.479 e. The van der Waals surface area contributed by atoms with Gasteiger partial charge in [0.25, 0.3) is 5.91 Å². The van der Waals surface area contributed by atoms with E-state index in [1.807, 2.05) is 20.8 Å². The molecule has 1 aromatic rings. The number of aliphatic carboxylic acids is 1. The summed E-state index contributed by atoms with van der Waals surface area (Å²) in [5.74, 6) is -1.38. The lowest BCUT2D eigenvalue weighted by molar-refractivity contribution is -0.146. The van der Waals surface area contributed by atoms with Crippen molar-refractivity contribution in [1.29, 1.82) is 0 Å². The molecule has 0 unspecified atom stereocenters. The first-order valence-electron chi connectivity index (χ1n) is 6.63. The zero-order chi connectivity index (χ0) is 15.3. The Balaban J connectivity index is 2.65. The predicted molar refractivity (Wildman–Crippen MR) is 72.6 cm³/mol. The second-order valence-corrected chi connectivity index (χ2v) is 4.82. The smallest absolute Gasteiger partial charge is 0.332 e. The minimum atomic E-state index is -1.46. The van der Waals surface area contributed by atoms with Gasteiger partial charge >= 0.3 is 5.97 Å². The van der Waals surface area contributed by atoms with Gasteiger partial charge in [0.15, 0.2) is 6.10 Å². The van der Waals surface area contributed by atoms with E-state index < -0.39 is 12.1 Å². The Morgan fingerprint density at radius 2 is 2.10 bits per heavy atom. The molecule has 7 nitrogen and oxygen atoms in total. The fourth-order valence-electron chi connectivity index (χ4n) is 1.68. The number of nitrogens with zero attached hydrogens (tertiary/aromatic N) is 2. The summed E-state index contributed by atoms with van der Waals surface area (Å²) in [5, 5.41) is 24.6. The van der Waals surface area contributed by atoms with E-state index >= 15 is 0 Å². The van der Waals surface area contributed by atoms with Gasteiger partial charge in [-0.1, -0.05) is 13.8 Å². The van der Waals surface area contributed by atoms with Crippen LogP contribution in [-0.2, 0) is 11.3 Å². The lowest BCUT2D eigenvalue weighted by atomic mass is 10.1. The Hall–Kier alpha value is -1.89. The van der Waals surface area contributed by atoms with E-state index in [1.54, 1.807) is 10.7 Å². The molecule has 0 saturated heterocycles. The fraction of sp³-hybridized carbons (Fsp3) is 0.615. The first kappa shape index (κ1) is 16.2. The minimum absolute atomic E-state index is 0.0294. The zero-order valence-electron chi connectivity index (χ0n) is 12.0. The molecule has 1 atom stereocenters. The number of hydrogen-bond acceptors (Lipinski definition) is 4. The summed E-state index contributed by atoms with van der Waals surface area (Å²) in [6, 6.07) is 1.73. The van der Waals surface area contributed by atoms with E-state index in [4.69, 9.17) is 10.2 Å². The molecule has 1 rings (SSSR count). The third-order valence-corrected chi connectivity index (χ3v) is 2.91. The van der Waals surface area contributed by atoms with Crippen molar-refractivity contribution in [2.45, 2.75) is 45.8 Å². The minimum Gasteiger partial charge on any atom is -0.479 e. The van der Waals surface area contributed by atoms with E-state index in [1.165, 1.54) is 0 Å². The standard InChI is InChI=1S/C13H21N3O4/c1-4-16-10(7-9(15-16)8(2)3)12(18)14-6-5-11(17)13(19)20/h7-8,11,17H,4-6H2,1-3H3,(H,14,18)(H,19,20)/t11-/m0/s1. The van der Waals surface area contributed by atoms with Crippen molar-refractivity contribution in [3.8, 4) is 0 Å². The van der Waals surface area contributed by atoms with Crippen molar-refractivity contribution in [2.24, 2.45) is 0 Å². The maximum Gasteiger partial charge on any atom is 0.332 e. The Bertz CT molecular complexity index is 482. The van der Waals surface area contributed by atoms with Crippen molar-refractivity contribution in [3.05, 3.63) is 17.5 Å². The van der Waals surface area contributed by atoms with Crippen LogP contribution >= 0.6 is 0 Å². The van der Waals surface area contributed by atoms with Gasteiger partial charge in [-0.2, -0.15) is 5.10 Å². The fourth-order valence-corrected chi connectivity index (χ4v) is 1.68. The molecule has 0 fully saturated rings. The van der Waals surface area contributed by atoms with Crippen LogP contribution in [0.5, 0.6) is 0 Å². The van der Waals surface area contributed by atoms with Crippen LogP contribution in [0.2, 0.25) is 0 Å². The van der Waals surface area contributed by atoms with Crippen LogP contribution in [0.25, 0.3) is 0 Å². The summed E-state index contributed by atoms with van der Waals surface area (Å²) in [5.41, 5.74) is 1.28. The highest BCUT2D eigenvalue weighted by Crippen LogP contribution is 2.14. The lowest BCUT2D eigenvalue weighted by Crippen LogP contribution is -2.31. The summed E-state index contributed by atoms with van der Waals surface area (Å²) < 4.78 is 1.61. The van der Waals surface area contributed by atoms with Crippen molar-refractivity contribution >= 4 is 11.9 Å². The Morgan fingerprint density at radius 1 is 1.45 bits per heavy atom. The highest BCUT2D eigenvalue weighted by molar-refractivity contribution is 5.92. The van der Waals surface area contributed by atoms with Crippen molar-refractivity contribution in [2.75, 3.05) is 6.54 Å². The summed E-state index contributed by atoms with van der Waals surface area (Å²) in [6.07, 6.45) is -1.49. The SMILES string of the molecule is CCn1nc(C(C)C)cc1C(=O)NCC[C@H](O)C(=O)O. The number of carbonyl (C=O) groups is 2. The number of aliphatic hydroxyl groups is 1. The molecule has 0 aliphatic carbocycles. The van der Waals surface area contributed by atoms with Gasteiger partial charge in [-0.05, 0) is 18.9 Å². The van der Waals surface area contributed by atoms with E-state index in [-0.39, 0.29) is 24.8 Å². The molecule has 0 saturated carbocycles. The zero-order valence-corrected chi connectivity index (χ0v) is 12.0. The summed E-state index contributed by atoms with van der Waals surface area (Å²) in [7, 11) is 0. The number of aromatic nitrogens is 2. The van der Waals surface area contributed by atoms with Gasteiger partial charge < -0.3 is 15.5 Å². The number of hydrogen-bond donors (Lipinski definition) is 3. The van der Waals surface area contributed by atoms with Crippen LogP contribution in [0.4, 0.5) is 0 Å². The Morgan fingerprint density at radius 3 is 2.60 bits per heavy atom. The third kappa shape index (κ3) is 4.06. The molecule has 3 N–H and O–H groups in total. The molecule has 0 spiro atoms. The molecule has 112 valence electrons. The molecule has 7 heteroatoms. The van der Waals surface area contributed by atoms with E-state index in [0.717, 1.165) is 5.69 Å². The summed E-state index contributed by atoms with van der Waals surface area (Å²) >= 11 is 0. The van der Waals surface area contributed by atoms with Gasteiger partial charge in [0, 0.05) is 19.5 Å². The third-order valence-electron chi connectivity index (χ3n) is 2.91. The highest BCUT2D eigenvalue weighted by atomic mass is 16.4. The lowest BCUT2D eigenvalue weighted by Gasteiger charge is -2.08. The Labute approximate surface area is 117 Å². The summed E-state index contributed by atoms with van der Waals surface area (Å²) in [6.45, 7) is 6.55. The molecule has 0 aliphatic rings. The Kier molecular flexibility index (Phi) is 5.69. The topological polar surface area (TPSA) is 104 Å². The number of carbonyl (C=O) groups excluding carboxylic acids is 1. The quantitative estimate of drug-likeness (QED) is 0.679. The normalized spacial score (nSPS) is 12.4. The average molecular weight is 283 g/mol. The monoisotopic (exact) mass is 283 g/mol. The second kappa shape index (κ2) is 7.04. The molecule has 0 aromatic carbocycles. The van der Waals surface area contributed by atoms with Crippen LogP contribution in [0.15, 0.2) is 6.07 Å². The van der Waals surface area contributed by atoms with E-state index in [9.17, 15) is 9.59 Å². The molecule has 20 heavy (non-hydrogen) atoms. The number of nitrogens with one attached hydrogen (secondary N) is 1. The van der Waals surface area contributed by atoms with Crippen LogP contribution in [0.1, 0.15) is 49.3 Å². The van der Waals surface area contributed by atoms with Crippen LogP contribution in [0, 0.1) is 0 Å². The predicted octanol–water partition coefficient (Wildman–Crippen LogP) is 0.592. The van der Waals surface area contributed by atoms with E-state index in [2.05, 4.69) is 10.4 Å². The van der Waals surface area contributed by atoms with Crippen LogP contribution in [0.3, 0.4) is 0 Å². The molecule has 0 aliphatic heterocycles. The number of amides is 1. The average Bonchev–Trinajstić information content (AvgIpc) is 2.82. The van der Waals surface area contributed by atoms with Crippen LogP contribution in [-0.4, -0.2) is 44.5 Å². The van der Waals surface area contributed by atoms with Crippen LogP contribution < -0.4 is 5.32 Å². The van der Waals surface area contributed by atoms with Gasteiger partial charge in [0.2, 0.25) is 0 Å². The molecule has 0 bridgehead atoms. The second-order valence-electron chi connectivity index (χ2n) is 4.82. The number of aryl methyl sites for hydroxylation is 1. The maximum absolute atomic E-state index is 12.0. The molecule has 1 amide bonds. The van der Waals surface area contributed by atoms with Crippen molar-refractivity contribution < 1.29 is 19.8 Å². The van der Waals surface area contributed by atoms with Gasteiger partial charge in [-0.25, -0.2) is 4.79 Å². The molecule has 1 aromatic heterocycles. The number of aliphatic hydroxyl groups excluding tert-OH is 1. The molecule has 0 radical (unpaired) electrons. The van der Waals surface area contributed by atoms with Crippen molar-refractivity contribution in [1.82, 2.24) is 15.1 Å².